The summed E-state index contributed by atoms with van der Waals surface area (Å²) in [4.78, 5) is 20.2. The number of anilines is 1. The summed E-state index contributed by atoms with van der Waals surface area (Å²) in [6, 6.07) is 12.2. The normalized spacial score (nSPS) is 11.2. The largest absolute Gasteiger partial charge is 0.361 e. The van der Waals surface area contributed by atoms with Crippen molar-refractivity contribution in [2.75, 3.05) is 5.32 Å². The van der Waals surface area contributed by atoms with Gasteiger partial charge in [-0.25, -0.2) is 4.98 Å². The van der Waals surface area contributed by atoms with Crippen molar-refractivity contribution in [2.45, 2.75) is 20.3 Å². The Morgan fingerprint density at radius 1 is 1.25 bits per heavy atom. The number of amides is 1. The van der Waals surface area contributed by atoms with Crippen molar-refractivity contribution >= 4 is 43.5 Å². The van der Waals surface area contributed by atoms with E-state index in [1.807, 2.05) is 37.4 Å². The summed E-state index contributed by atoms with van der Waals surface area (Å²) in [7, 11) is 0. The number of carbonyl (C=O) groups excluding carboxylic acids is 1. The molecule has 0 aliphatic heterocycles. The fourth-order valence-electron chi connectivity index (χ4n) is 3.04. The Morgan fingerprint density at radius 2 is 2.08 bits per heavy atom. The number of nitrogens with zero attached hydrogens (tertiary/aromatic N) is 1. The third-order valence-corrected chi connectivity index (χ3v) is 5.02. The Hall–Kier alpha value is -2.66. The number of benzene rings is 2. The van der Waals surface area contributed by atoms with Gasteiger partial charge in [-0.15, -0.1) is 0 Å². The van der Waals surface area contributed by atoms with Crippen LogP contribution in [-0.2, 0) is 11.2 Å². The topological polar surface area (TPSA) is 57.8 Å². The van der Waals surface area contributed by atoms with E-state index in [-0.39, 0.29) is 5.91 Å². The lowest BCUT2D eigenvalue weighted by Crippen LogP contribution is -2.13. The fraction of sp³-hybridized carbons (Fsp3) is 0.158. The van der Waals surface area contributed by atoms with Gasteiger partial charge >= 0.3 is 0 Å². The Bertz CT molecular complexity index is 1060. The molecule has 4 aromatic rings. The molecule has 0 aliphatic rings. The summed E-state index contributed by atoms with van der Waals surface area (Å²) in [6.07, 6.45) is 2.23. The molecule has 5 heteroatoms. The first-order valence-electron chi connectivity index (χ1n) is 7.83. The smallest absolute Gasteiger partial charge is 0.230 e. The van der Waals surface area contributed by atoms with Crippen LogP contribution in [-0.4, -0.2) is 15.9 Å². The number of H-pyrrole nitrogens is 1. The van der Waals surface area contributed by atoms with Gasteiger partial charge < -0.3 is 10.3 Å². The van der Waals surface area contributed by atoms with Gasteiger partial charge in [0.05, 0.1) is 16.6 Å². The van der Waals surface area contributed by atoms with Gasteiger partial charge in [0.2, 0.25) is 5.91 Å². The molecule has 0 aliphatic carbocycles. The van der Waals surface area contributed by atoms with Crippen LogP contribution in [0, 0.1) is 13.8 Å². The molecule has 0 fully saturated rings. The molecule has 2 N–H and O–H groups in total. The number of aryl methyl sites for hydroxylation is 2. The predicted molar refractivity (Wildman–Crippen MR) is 99.7 cm³/mol. The molecule has 0 radical (unpaired) electrons. The number of fused-ring (bicyclic) bond motifs is 2. The Morgan fingerprint density at radius 3 is 2.96 bits per heavy atom. The standard InChI is InChI=1S/C19H17N3OS/c1-11-7-12(2)18-16(8-11)24-19(22-18)21-17(23)9-13-10-20-15-6-4-3-5-14(13)15/h3-8,10,20H,9H2,1-2H3,(H,21,22,23). The van der Waals surface area contributed by atoms with E-state index in [2.05, 4.69) is 34.3 Å². The van der Waals surface area contributed by atoms with Gasteiger partial charge in [0.1, 0.15) is 0 Å². The van der Waals surface area contributed by atoms with E-state index in [1.165, 1.54) is 16.9 Å². The van der Waals surface area contributed by atoms with Gasteiger partial charge in [-0.05, 0) is 42.7 Å². The van der Waals surface area contributed by atoms with Gasteiger partial charge in [-0.1, -0.05) is 35.6 Å². The third-order valence-electron chi connectivity index (χ3n) is 4.10. The second kappa shape index (κ2) is 5.76. The Labute approximate surface area is 143 Å². The van der Waals surface area contributed by atoms with Crippen molar-refractivity contribution in [3.8, 4) is 0 Å². The van der Waals surface area contributed by atoms with Crippen LogP contribution in [0.4, 0.5) is 5.13 Å². The average molecular weight is 335 g/mol. The monoisotopic (exact) mass is 335 g/mol. The van der Waals surface area contributed by atoms with Crippen LogP contribution in [0.25, 0.3) is 21.1 Å². The molecule has 2 heterocycles. The maximum atomic E-state index is 12.4. The number of rotatable bonds is 3. The minimum absolute atomic E-state index is 0.0480. The number of nitrogens with one attached hydrogen (secondary N) is 2. The molecular formula is C19H17N3OS. The molecule has 0 unspecified atom stereocenters. The maximum Gasteiger partial charge on any atom is 0.230 e. The van der Waals surface area contributed by atoms with Gasteiger partial charge in [0.15, 0.2) is 5.13 Å². The SMILES string of the molecule is Cc1cc(C)c2nc(NC(=O)Cc3c[nH]c4ccccc34)sc2c1. The minimum atomic E-state index is -0.0480. The maximum absolute atomic E-state index is 12.4. The number of para-hydroxylation sites is 1. The molecule has 2 aromatic heterocycles. The quantitative estimate of drug-likeness (QED) is 0.576. The lowest BCUT2D eigenvalue weighted by Gasteiger charge is -2.00. The fourth-order valence-corrected chi connectivity index (χ4v) is 4.10. The summed E-state index contributed by atoms with van der Waals surface area (Å²) in [5.41, 5.74) is 5.36. The van der Waals surface area contributed by atoms with Crippen molar-refractivity contribution in [3.05, 3.63) is 59.3 Å². The molecule has 0 saturated heterocycles. The van der Waals surface area contributed by atoms with Crippen LogP contribution < -0.4 is 5.32 Å². The van der Waals surface area contributed by atoms with Crippen molar-refractivity contribution < 1.29 is 4.79 Å². The Balaban J connectivity index is 1.57. The second-order valence-corrected chi connectivity index (χ2v) is 7.06. The average Bonchev–Trinajstić information content (AvgIpc) is 3.12. The molecule has 120 valence electrons. The van der Waals surface area contributed by atoms with Crippen LogP contribution in [0.3, 0.4) is 0 Å². The van der Waals surface area contributed by atoms with Gasteiger partial charge in [0.25, 0.3) is 0 Å². The lowest BCUT2D eigenvalue weighted by atomic mass is 10.1. The molecule has 0 spiro atoms. The molecule has 0 saturated carbocycles. The van der Waals surface area contributed by atoms with Crippen LogP contribution in [0.2, 0.25) is 0 Å². The van der Waals surface area contributed by atoms with Crippen molar-refractivity contribution in [3.63, 3.8) is 0 Å². The van der Waals surface area contributed by atoms with E-state index < -0.39 is 0 Å². The summed E-state index contributed by atoms with van der Waals surface area (Å²) < 4.78 is 1.11. The molecule has 4 rings (SSSR count). The van der Waals surface area contributed by atoms with Crippen LogP contribution in [0.1, 0.15) is 16.7 Å². The van der Waals surface area contributed by atoms with Gasteiger partial charge in [-0.2, -0.15) is 0 Å². The second-order valence-electron chi connectivity index (χ2n) is 6.03. The van der Waals surface area contributed by atoms with Crippen molar-refractivity contribution in [1.29, 1.82) is 0 Å². The first-order valence-corrected chi connectivity index (χ1v) is 8.64. The van der Waals surface area contributed by atoms with Gasteiger partial charge in [0, 0.05) is 17.1 Å². The highest BCUT2D eigenvalue weighted by Gasteiger charge is 2.12. The number of thiazole rings is 1. The highest BCUT2D eigenvalue weighted by molar-refractivity contribution is 7.22. The highest BCUT2D eigenvalue weighted by Crippen LogP contribution is 2.29. The predicted octanol–water partition coefficient (Wildman–Crippen LogP) is 4.58. The van der Waals surface area contributed by atoms with E-state index in [0.717, 1.165) is 32.2 Å². The molecule has 4 nitrogen and oxygen atoms in total. The molecule has 24 heavy (non-hydrogen) atoms. The number of aromatic amines is 1. The van der Waals surface area contributed by atoms with E-state index in [0.29, 0.717) is 11.6 Å². The van der Waals surface area contributed by atoms with Gasteiger partial charge in [-0.3, -0.25) is 4.79 Å². The molecule has 2 aromatic carbocycles. The molecular weight excluding hydrogens is 318 g/mol. The zero-order chi connectivity index (χ0) is 16.7. The number of carbonyl (C=O) groups is 1. The highest BCUT2D eigenvalue weighted by atomic mass is 32.1. The van der Waals surface area contributed by atoms with Crippen LogP contribution >= 0.6 is 11.3 Å². The first kappa shape index (κ1) is 14.9. The zero-order valence-corrected chi connectivity index (χ0v) is 14.3. The third kappa shape index (κ3) is 2.67. The van der Waals surface area contributed by atoms with E-state index in [4.69, 9.17) is 0 Å². The number of hydrogen-bond donors (Lipinski definition) is 2. The number of hydrogen-bond acceptors (Lipinski definition) is 3. The summed E-state index contributed by atoms with van der Waals surface area (Å²) in [5, 5.41) is 4.68. The summed E-state index contributed by atoms with van der Waals surface area (Å²) in [5.74, 6) is -0.0480. The minimum Gasteiger partial charge on any atom is -0.361 e. The van der Waals surface area contributed by atoms with Crippen molar-refractivity contribution in [1.82, 2.24) is 9.97 Å². The van der Waals surface area contributed by atoms with E-state index >= 15 is 0 Å². The summed E-state index contributed by atoms with van der Waals surface area (Å²) >= 11 is 1.52. The zero-order valence-electron chi connectivity index (χ0n) is 13.5. The van der Waals surface area contributed by atoms with Crippen molar-refractivity contribution in [2.24, 2.45) is 0 Å². The van der Waals surface area contributed by atoms with Crippen LogP contribution in [0.5, 0.6) is 0 Å². The molecule has 1 amide bonds. The van der Waals surface area contributed by atoms with E-state index in [1.54, 1.807) is 0 Å². The Kier molecular flexibility index (Phi) is 3.58. The number of aromatic nitrogens is 2. The van der Waals surface area contributed by atoms with E-state index in [9.17, 15) is 4.79 Å². The van der Waals surface area contributed by atoms with Crippen LogP contribution in [0.15, 0.2) is 42.6 Å². The summed E-state index contributed by atoms with van der Waals surface area (Å²) in [6.45, 7) is 4.12. The molecule has 0 bridgehead atoms. The molecule has 0 atom stereocenters. The first-order chi connectivity index (χ1) is 11.6. The lowest BCUT2D eigenvalue weighted by molar-refractivity contribution is -0.115.